The van der Waals surface area contributed by atoms with Crippen molar-refractivity contribution in [3.63, 3.8) is 0 Å². The highest BCUT2D eigenvalue weighted by molar-refractivity contribution is 9.10. The van der Waals surface area contributed by atoms with Crippen LogP contribution in [0.4, 0.5) is 0 Å². The summed E-state index contributed by atoms with van der Waals surface area (Å²) in [6.45, 7) is 3.91. The van der Waals surface area contributed by atoms with E-state index in [2.05, 4.69) is 25.9 Å². The third kappa shape index (κ3) is 3.14. The van der Waals surface area contributed by atoms with E-state index >= 15 is 0 Å². The first-order chi connectivity index (χ1) is 7.08. The van der Waals surface area contributed by atoms with E-state index < -0.39 is 0 Å². The van der Waals surface area contributed by atoms with Gasteiger partial charge in [0.2, 0.25) is 0 Å². The minimum atomic E-state index is -0.125. The number of aromatic nitrogens is 2. The number of halogens is 1. The molecule has 1 rings (SSSR count). The summed E-state index contributed by atoms with van der Waals surface area (Å²) in [5.41, 5.74) is 0.664. The minimum Gasteiger partial charge on any atom is -0.381 e. The quantitative estimate of drug-likeness (QED) is 0.909. The number of hydrogen-bond donors (Lipinski definition) is 1. The fraction of sp³-hybridized carbons (Fsp3) is 0.600. The molecule has 5 heteroatoms. The molecule has 1 N–H and O–H groups in total. The highest BCUT2D eigenvalue weighted by Crippen LogP contribution is 2.10. The zero-order valence-electron chi connectivity index (χ0n) is 9.13. The van der Waals surface area contributed by atoms with Gasteiger partial charge in [0, 0.05) is 13.5 Å². The largest absolute Gasteiger partial charge is 0.381 e. The molecule has 0 saturated carbocycles. The molecule has 1 atom stereocenters. The van der Waals surface area contributed by atoms with Gasteiger partial charge in [-0.05, 0) is 29.3 Å². The number of hydrogen-bond acceptors (Lipinski definition) is 3. The standard InChI is InChI=1S/C10H15BrN2O2/c1-4-7-9(11)10(14)13-8(12-7)5-6(2)15-3/h6H,4-5H2,1-3H3,(H,12,13,14). The lowest BCUT2D eigenvalue weighted by Crippen LogP contribution is -2.19. The summed E-state index contributed by atoms with van der Waals surface area (Å²) in [7, 11) is 1.64. The maximum absolute atomic E-state index is 11.5. The lowest BCUT2D eigenvalue weighted by atomic mass is 10.2. The molecule has 0 aromatic carbocycles. The van der Waals surface area contributed by atoms with Crippen LogP contribution in [0.15, 0.2) is 9.27 Å². The van der Waals surface area contributed by atoms with Crippen LogP contribution in [0, 0.1) is 0 Å². The zero-order valence-corrected chi connectivity index (χ0v) is 10.7. The average molecular weight is 275 g/mol. The number of nitrogens with one attached hydrogen (secondary N) is 1. The summed E-state index contributed by atoms with van der Waals surface area (Å²) in [6, 6.07) is 0. The van der Waals surface area contributed by atoms with Crippen LogP contribution in [0.1, 0.15) is 25.4 Å². The number of aromatic amines is 1. The molecule has 15 heavy (non-hydrogen) atoms. The lowest BCUT2D eigenvalue weighted by Gasteiger charge is -2.09. The van der Waals surface area contributed by atoms with Gasteiger partial charge in [0.25, 0.3) is 5.56 Å². The maximum Gasteiger partial charge on any atom is 0.265 e. The Labute approximate surface area is 97.2 Å². The molecule has 0 radical (unpaired) electrons. The van der Waals surface area contributed by atoms with Gasteiger partial charge < -0.3 is 9.72 Å². The molecule has 1 heterocycles. The molecule has 0 saturated heterocycles. The fourth-order valence-electron chi connectivity index (χ4n) is 1.24. The highest BCUT2D eigenvalue weighted by Gasteiger charge is 2.09. The van der Waals surface area contributed by atoms with E-state index in [0.717, 1.165) is 12.1 Å². The predicted octanol–water partition coefficient (Wildman–Crippen LogP) is 1.67. The predicted molar refractivity (Wildman–Crippen MR) is 62.1 cm³/mol. The van der Waals surface area contributed by atoms with Crippen LogP contribution < -0.4 is 5.56 Å². The van der Waals surface area contributed by atoms with Crippen molar-refractivity contribution >= 4 is 15.9 Å². The SMILES string of the molecule is CCc1nc(CC(C)OC)[nH]c(=O)c1Br. The summed E-state index contributed by atoms with van der Waals surface area (Å²) in [5.74, 6) is 0.675. The summed E-state index contributed by atoms with van der Waals surface area (Å²) in [4.78, 5) is 18.6. The molecule has 0 bridgehead atoms. The summed E-state index contributed by atoms with van der Waals surface area (Å²) in [6.07, 6.45) is 1.41. The third-order valence-corrected chi connectivity index (χ3v) is 3.02. The van der Waals surface area contributed by atoms with Crippen LogP contribution in [-0.2, 0) is 17.6 Å². The van der Waals surface area contributed by atoms with Crippen LogP contribution in [0.5, 0.6) is 0 Å². The molecule has 84 valence electrons. The number of rotatable bonds is 4. The molecular weight excluding hydrogens is 260 g/mol. The van der Waals surface area contributed by atoms with Gasteiger partial charge in [-0.3, -0.25) is 4.79 Å². The van der Waals surface area contributed by atoms with Crippen LogP contribution in [0.25, 0.3) is 0 Å². The Morgan fingerprint density at radius 3 is 2.80 bits per heavy atom. The van der Waals surface area contributed by atoms with Gasteiger partial charge in [0.1, 0.15) is 10.3 Å². The maximum atomic E-state index is 11.5. The van der Waals surface area contributed by atoms with Crippen molar-refractivity contribution in [3.05, 3.63) is 26.3 Å². The van der Waals surface area contributed by atoms with E-state index in [0.29, 0.717) is 16.7 Å². The zero-order chi connectivity index (χ0) is 11.4. The van der Waals surface area contributed by atoms with Gasteiger partial charge >= 0.3 is 0 Å². The van der Waals surface area contributed by atoms with Crippen molar-refractivity contribution in [3.8, 4) is 0 Å². The molecular formula is C10H15BrN2O2. The van der Waals surface area contributed by atoms with E-state index in [1.54, 1.807) is 7.11 Å². The lowest BCUT2D eigenvalue weighted by molar-refractivity contribution is 0.117. The van der Waals surface area contributed by atoms with E-state index in [1.807, 2.05) is 13.8 Å². The van der Waals surface area contributed by atoms with Crippen molar-refractivity contribution in [1.29, 1.82) is 0 Å². The van der Waals surface area contributed by atoms with Crippen LogP contribution in [0.2, 0.25) is 0 Å². The van der Waals surface area contributed by atoms with Crippen molar-refractivity contribution in [2.45, 2.75) is 32.8 Å². The van der Waals surface area contributed by atoms with Gasteiger partial charge in [-0.15, -0.1) is 0 Å². The fourth-order valence-corrected chi connectivity index (χ4v) is 1.71. The van der Waals surface area contributed by atoms with Crippen molar-refractivity contribution < 1.29 is 4.74 Å². The highest BCUT2D eigenvalue weighted by atomic mass is 79.9. The van der Waals surface area contributed by atoms with Crippen molar-refractivity contribution in [2.75, 3.05) is 7.11 Å². The molecule has 0 aliphatic heterocycles. The summed E-state index contributed by atoms with van der Waals surface area (Å²) < 4.78 is 5.65. The summed E-state index contributed by atoms with van der Waals surface area (Å²) >= 11 is 3.22. The Kier molecular flexibility index (Phi) is 4.47. The molecule has 1 aromatic rings. The Morgan fingerprint density at radius 1 is 1.60 bits per heavy atom. The smallest absolute Gasteiger partial charge is 0.265 e. The topological polar surface area (TPSA) is 55.0 Å². The number of H-pyrrole nitrogens is 1. The number of methoxy groups -OCH3 is 1. The number of nitrogens with zero attached hydrogens (tertiary/aromatic N) is 1. The second-order valence-corrected chi connectivity index (χ2v) is 4.17. The second kappa shape index (κ2) is 5.42. The minimum absolute atomic E-state index is 0.0547. The van der Waals surface area contributed by atoms with Gasteiger partial charge in [0.05, 0.1) is 11.8 Å². The van der Waals surface area contributed by atoms with Crippen molar-refractivity contribution in [2.24, 2.45) is 0 Å². The first-order valence-corrected chi connectivity index (χ1v) is 5.68. The van der Waals surface area contributed by atoms with Gasteiger partial charge in [0.15, 0.2) is 0 Å². The van der Waals surface area contributed by atoms with E-state index in [4.69, 9.17) is 4.74 Å². The molecule has 1 aromatic heterocycles. The van der Waals surface area contributed by atoms with E-state index in [-0.39, 0.29) is 11.7 Å². The summed E-state index contributed by atoms with van der Waals surface area (Å²) in [5, 5.41) is 0. The van der Waals surface area contributed by atoms with E-state index in [9.17, 15) is 4.79 Å². The molecule has 0 amide bonds. The van der Waals surface area contributed by atoms with Crippen LogP contribution >= 0.6 is 15.9 Å². The molecule has 1 unspecified atom stereocenters. The van der Waals surface area contributed by atoms with Gasteiger partial charge in [-0.25, -0.2) is 4.98 Å². The first-order valence-electron chi connectivity index (χ1n) is 4.88. The van der Waals surface area contributed by atoms with Crippen LogP contribution in [-0.4, -0.2) is 23.2 Å². The first kappa shape index (κ1) is 12.4. The molecule has 4 nitrogen and oxygen atoms in total. The normalized spacial score (nSPS) is 12.8. The molecule has 0 aliphatic carbocycles. The molecule has 0 aliphatic rings. The number of aryl methyl sites for hydroxylation is 1. The molecule has 0 spiro atoms. The Bertz CT molecular complexity index is 389. The Morgan fingerprint density at radius 2 is 2.27 bits per heavy atom. The third-order valence-electron chi connectivity index (χ3n) is 2.20. The van der Waals surface area contributed by atoms with Crippen molar-refractivity contribution in [1.82, 2.24) is 9.97 Å². The van der Waals surface area contributed by atoms with Crippen LogP contribution in [0.3, 0.4) is 0 Å². The Hall–Kier alpha value is -0.680. The second-order valence-electron chi connectivity index (χ2n) is 3.38. The molecule has 0 fully saturated rings. The van der Waals surface area contributed by atoms with Gasteiger partial charge in [-0.2, -0.15) is 0 Å². The monoisotopic (exact) mass is 274 g/mol. The van der Waals surface area contributed by atoms with Gasteiger partial charge in [-0.1, -0.05) is 6.92 Å². The Balaban J connectivity index is 3.01. The van der Waals surface area contributed by atoms with E-state index in [1.165, 1.54) is 0 Å². The number of ether oxygens (including phenoxy) is 1. The average Bonchev–Trinajstić information content (AvgIpc) is 2.22.